The Hall–Kier alpha value is -3.18. The monoisotopic (exact) mass is 720 g/mol. The summed E-state index contributed by atoms with van der Waals surface area (Å²) in [6, 6.07) is 19.3. The maximum absolute atomic E-state index is 13.9. The number of hydrogen-bond acceptors (Lipinski definition) is 7. The van der Waals surface area contributed by atoms with Crippen molar-refractivity contribution in [3.63, 3.8) is 0 Å². The van der Waals surface area contributed by atoms with Crippen molar-refractivity contribution in [3.05, 3.63) is 114 Å². The molecular weight excluding hydrogens is 698 g/mol. The minimum absolute atomic E-state index is 0.0360. The van der Waals surface area contributed by atoms with Gasteiger partial charge < -0.3 is 8.92 Å². The number of ether oxygens (including phenoxy) is 1. The van der Waals surface area contributed by atoms with Gasteiger partial charge in [-0.15, -0.1) is 0 Å². The molecule has 0 bridgehead atoms. The Morgan fingerprint density at radius 1 is 0.867 bits per heavy atom. The number of nitrogens with zero attached hydrogens (tertiary/aromatic N) is 2. The molecule has 7 nitrogen and oxygen atoms in total. The molecule has 4 aromatic carbocycles. The third-order valence-corrected chi connectivity index (χ3v) is 10.1. The molecule has 45 heavy (non-hydrogen) atoms. The Balaban J connectivity index is 1.55. The maximum atomic E-state index is 13.9. The van der Waals surface area contributed by atoms with Gasteiger partial charge >= 0.3 is 10.1 Å². The number of aliphatic imine (C=N–C) groups is 1. The molecule has 1 heterocycles. The lowest BCUT2D eigenvalue weighted by Gasteiger charge is -2.17. The summed E-state index contributed by atoms with van der Waals surface area (Å²) in [6.07, 6.45) is 1.62. The summed E-state index contributed by atoms with van der Waals surface area (Å²) in [5, 5.41) is 1.77. The summed E-state index contributed by atoms with van der Waals surface area (Å²) in [7, 11) is -4.26. The van der Waals surface area contributed by atoms with Crippen molar-refractivity contribution < 1.29 is 22.1 Å². The lowest BCUT2D eigenvalue weighted by molar-refractivity contribution is -0.113. The van der Waals surface area contributed by atoms with E-state index < -0.39 is 10.1 Å². The molecular formula is C32H24Cl4N2O5S2. The third kappa shape index (κ3) is 7.46. The molecule has 1 saturated heterocycles. The highest BCUT2D eigenvalue weighted by Crippen LogP contribution is 2.42. The molecule has 1 aliphatic rings. The van der Waals surface area contributed by atoms with Crippen LogP contribution in [0.3, 0.4) is 0 Å². The number of carbonyl (C=O) groups is 1. The Bertz CT molecular complexity index is 1980. The topological polar surface area (TPSA) is 85.3 Å². The zero-order chi connectivity index (χ0) is 32.5. The minimum atomic E-state index is -4.26. The first-order chi connectivity index (χ1) is 21.4. The molecule has 13 heteroatoms. The fourth-order valence-corrected chi connectivity index (χ4v) is 6.92. The summed E-state index contributed by atoms with van der Waals surface area (Å²) in [5.74, 6) is -0.456. The van der Waals surface area contributed by atoms with Crippen LogP contribution in [0.25, 0.3) is 6.08 Å². The van der Waals surface area contributed by atoms with Crippen LogP contribution in [0.1, 0.15) is 23.6 Å². The van der Waals surface area contributed by atoms with Gasteiger partial charge in [-0.2, -0.15) is 8.42 Å². The van der Waals surface area contributed by atoms with Crippen LogP contribution in [-0.4, -0.2) is 26.1 Å². The predicted octanol–water partition coefficient (Wildman–Crippen LogP) is 9.89. The van der Waals surface area contributed by atoms with Crippen molar-refractivity contribution in [2.45, 2.75) is 25.7 Å². The van der Waals surface area contributed by atoms with E-state index in [1.54, 1.807) is 37.3 Å². The van der Waals surface area contributed by atoms with Crippen LogP contribution in [-0.2, 0) is 14.9 Å². The standard InChI is InChI=1S/C32H24Cl4N2O5S2/c1-4-42-28-14-20(13-27(36)30(28)43-45(40,41)24-11-7-21(33)8-12-24)15-29-31(39)38(23-10-6-19(3)26(35)17-23)32(44-29)37-22-9-5-18(2)25(34)16-22/h5-17H,4H2,1-3H3/b29-15+,37-32?. The van der Waals surface area contributed by atoms with Gasteiger partial charge in [-0.1, -0.05) is 58.5 Å². The summed E-state index contributed by atoms with van der Waals surface area (Å²) in [6.45, 7) is 5.69. The van der Waals surface area contributed by atoms with E-state index in [-0.39, 0.29) is 33.9 Å². The van der Waals surface area contributed by atoms with Gasteiger partial charge in [0.1, 0.15) is 4.90 Å². The average molecular weight is 722 g/mol. The van der Waals surface area contributed by atoms with Gasteiger partial charge in [0, 0.05) is 15.1 Å². The highest BCUT2D eigenvalue weighted by atomic mass is 35.5. The summed E-state index contributed by atoms with van der Waals surface area (Å²) < 4.78 is 37.1. The molecule has 1 amide bonds. The number of benzene rings is 4. The highest BCUT2D eigenvalue weighted by Gasteiger charge is 2.35. The number of amidine groups is 1. The van der Waals surface area contributed by atoms with Crippen LogP contribution in [0.5, 0.6) is 11.5 Å². The smallest absolute Gasteiger partial charge is 0.339 e. The molecule has 1 fully saturated rings. The molecule has 0 atom stereocenters. The van der Waals surface area contributed by atoms with Crippen molar-refractivity contribution in [2.75, 3.05) is 11.5 Å². The van der Waals surface area contributed by atoms with E-state index >= 15 is 0 Å². The van der Waals surface area contributed by atoms with E-state index in [0.717, 1.165) is 22.9 Å². The van der Waals surface area contributed by atoms with Crippen LogP contribution in [0.4, 0.5) is 11.4 Å². The molecule has 232 valence electrons. The Kier molecular flexibility index (Phi) is 10.1. The average Bonchev–Trinajstić information content (AvgIpc) is 3.28. The molecule has 0 radical (unpaired) electrons. The van der Waals surface area contributed by atoms with Gasteiger partial charge in [0.2, 0.25) is 5.75 Å². The van der Waals surface area contributed by atoms with Crippen molar-refractivity contribution in [3.8, 4) is 11.5 Å². The summed E-state index contributed by atoms with van der Waals surface area (Å²) >= 11 is 26.4. The van der Waals surface area contributed by atoms with E-state index in [1.807, 2.05) is 32.0 Å². The molecule has 0 unspecified atom stereocenters. The molecule has 0 saturated carbocycles. The van der Waals surface area contributed by atoms with Gasteiger partial charge in [0.05, 0.1) is 27.9 Å². The van der Waals surface area contributed by atoms with Gasteiger partial charge in [0.25, 0.3) is 5.91 Å². The fraction of sp³-hybridized carbons (Fsp3) is 0.125. The van der Waals surface area contributed by atoms with Crippen LogP contribution < -0.4 is 13.8 Å². The number of anilines is 1. The number of hydrogen-bond donors (Lipinski definition) is 0. The lowest BCUT2D eigenvalue weighted by Crippen LogP contribution is -2.28. The van der Waals surface area contributed by atoms with E-state index in [0.29, 0.717) is 42.1 Å². The van der Waals surface area contributed by atoms with Crippen molar-refractivity contribution in [2.24, 2.45) is 4.99 Å². The van der Waals surface area contributed by atoms with E-state index in [2.05, 4.69) is 0 Å². The lowest BCUT2D eigenvalue weighted by atomic mass is 10.1. The second-order valence-electron chi connectivity index (χ2n) is 9.77. The Morgan fingerprint density at radius 2 is 1.53 bits per heavy atom. The van der Waals surface area contributed by atoms with Gasteiger partial charge in [-0.25, -0.2) is 4.99 Å². The minimum Gasteiger partial charge on any atom is -0.490 e. The molecule has 1 aliphatic heterocycles. The van der Waals surface area contributed by atoms with Gasteiger partial charge in [-0.05, 0) is 116 Å². The van der Waals surface area contributed by atoms with E-state index in [9.17, 15) is 13.2 Å². The number of rotatable bonds is 8. The first-order valence-electron chi connectivity index (χ1n) is 13.4. The van der Waals surface area contributed by atoms with Crippen molar-refractivity contribution in [1.29, 1.82) is 0 Å². The second-order valence-corrected chi connectivity index (χ2v) is 14.0. The zero-order valence-electron chi connectivity index (χ0n) is 24.0. The summed E-state index contributed by atoms with van der Waals surface area (Å²) in [4.78, 5) is 20.3. The van der Waals surface area contributed by atoms with E-state index in [1.165, 1.54) is 35.2 Å². The first kappa shape index (κ1) is 33.2. The van der Waals surface area contributed by atoms with Crippen LogP contribution in [0.15, 0.2) is 87.6 Å². The van der Waals surface area contributed by atoms with Crippen molar-refractivity contribution >= 4 is 96.8 Å². The molecule has 0 N–H and O–H groups in total. The Labute approximate surface area is 285 Å². The second kappa shape index (κ2) is 13.7. The largest absolute Gasteiger partial charge is 0.490 e. The molecule has 0 aliphatic carbocycles. The van der Waals surface area contributed by atoms with Crippen LogP contribution >= 0.6 is 58.2 Å². The highest BCUT2D eigenvalue weighted by molar-refractivity contribution is 8.19. The Morgan fingerprint density at radius 3 is 2.18 bits per heavy atom. The number of aryl methyl sites for hydroxylation is 2. The summed E-state index contributed by atoms with van der Waals surface area (Å²) in [5.41, 5.74) is 3.33. The predicted molar refractivity (Wildman–Crippen MR) is 184 cm³/mol. The van der Waals surface area contributed by atoms with E-state index in [4.69, 9.17) is 60.3 Å². The molecule has 0 spiro atoms. The maximum Gasteiger partial charge on any atom is 0.339 e. The zero-order valence-corrected chi connectivity index (χ0v) is 28.6. The van der Waals surface area contributed by atoms with Crippen LogP contribution in [0.2, 0.25) is 20.1 Å². The molecule has 0 aromatic heterocycles. The third-order valence-electron chi connectivity index (χ3n) is 6.52. The number of halogens is 4. The number of amides is 1. The van der Waals surface area contributed by atoms with Gasteiger partial charge in [-0.3, -0.25) is 9.69 Å². The quantitative estimate of drug-likeness (QED) is 0.133. The van der Waals surface area contributed by atoms with Gasteiger partial charge in [0.15, 0.2) is 10.9 Å². The number of carbonyl (C=O) groups excluding carboxylic acids is 1. The molecule has 4 aromatic rings. The SMILES string of the molecule is CCOc1cc(/C=C2/SC(=Nc3ccc(C)c(Cl)c3)N(c3ccc(C)c(Cl)c3)C2=O)cc(Cl)c1OS(=O)(=O)c1ccc(Cl)cc1. The normalized spacial score (nSPS) is 15.3. The number of thioether (sulfide) groups is 1. The molecule has 5 rings (SSSR count). The van der Waals surface area contributed by atoms with Crippen molar-refractivity contribution in [1.82, 2.24) is 0 Å². The first-order valence-corrected chi connectivity index (χ1v) is 17.1. The fourth-order valence-electron chi connectivity index (χ4n) is 4.18. The van der Waals surface area contributed by atoms with Crippen LogP contribution in [0, 0.1) is 13.8 Å².